The fourth-order valence-electron chi connectivity index (χ4n) is 2.05. The van der Waals surface area contributed by atoms with Crippen molar-refractivity contribution in [2.24, 2.45) is 0 Å². The molecule has 0 heterocycles. The quantitative estimate of drug-likeness (QED) is 0.831. The van der Waals surface area contributed by atoms with Crippen molar-refractivity contribution in [2.75, 3.05) is 30.5 Å². The van der Waals surface area contributed by atoms with Gasteiger partial charge >= 0.3 is 0 Å². The summed E-state index contributed by atoms with van der Waals surface area (Å²) in [6.07, 6.45) is 3.31. The zero-order chi connectivity index (χ0) is 15.6. The molecular formula is C14H20F2N2O2S. The predicted octanol–water partition coefficient (Wildman–Crippen LogP) is 1.70. The van der Waals surface area contributed by atoms with Crippen LogP contribution < -0.4 is 10.2 Å². The number of rotatable bonds is 7. The number of hydrogen-bond donors (Lipinski definition) is 1. The third-order valence-electron chi connectivity index (χ3n) is 3.43. The number of benzene rings is 1. The zero-order valence-corrected chi connectivity index (χ0v) is 13.0. The van der Waals surface area contributed by atoms with Crippen LogP contribution in [0.1, 0.15) is 18.4 Å². The lowest BCUT2D eigenvalue weighted by Gasteiger charge is -2.20. The van der Waals surface area contributed by atoms with Crippen molar-refractivity contribution in [2.45, 2.75) is 25.4 Å². The molecule has 1 aliphatic carbocycles. The molecule has 0 unspecified atom stereocenters. The highest BCUT2D eigenvalue weighted by atomic mass is 32.2. The Labute approximate surface area is 124 Å². The normalized spacial score (nSPS) is 15.2. The summed E-state index contributed by atoms with van der Waals surface area (Å²) in [5, 5.41) is 3.19. The zero-order valence-electron chi connectivity index (χ0n) is 12.2. The van der Waals surface area contributed by atoms with E-state index in [1.807, 2.05) is 0 Å². The van der Waals surface area contributed by atoms with E-state index in [1.54, 1.807) is 0 Å². The molecule has 0 amide bonds. The number of halogens is 2. The lowest BCUT2D eigenvalue weighted by molar-refractivity contribution is 0.569. The molecule has 0 atom stereocenters. The Morgan fingerprint density at radius 1 is 1.29 bits per heavy atom. The van der Waals surface area contributed by atoms with E-state index < -0.39 is 21.5 Å². The van der Waals surface area contributed by atoms with Crippen LogP contribution in [-0.2, 0) is 16.4 Å². The summed E-state index contributed by atoms with van der Waals surface area (Å²) in [7, 11) is -1.69. The van der Waals surface area contributed by atoms with E-state index in [0.29, 0.717) is 18.2 Å². The van der Waals surface area contributed by atoms with Crippen LogP contribution in [0.2, 0.25) is 0 Å². The molecule has 0 aliphatic heterocycles. The van der Waals surface area contributed by atoms with E-state index in [4.69, 9.17) is 0 Å². The third kappa shape index (κ3) is 4.93. The van der Waals surface area contributed by atoms with Gasteiger partial charge in [-0.05, 0) is 30.5 Å². The molecule has 118 valence electrons. The first kappa shape index (κ1) is 16.2. The van der Waals surface area contributed by atoms with Crippen molar-refractivity contribution < 1.29 is 17.2 Å². The summed E-state index contributed by atoms with van der Waals surface area (Å²) in [6, 6.07) is 3.06. The average molecular weight is 318 g/mol. The molecule has 1 saturated carbocycles. The van der Waals surface area contributed by atoms with Crippen molar-refractivity contribution in [3.63, 3.8) is 0 Å². The Hall–Kier alpha value is -1.21. The lowest BCUT2D eigenvalue weighted by atomic mass is 10.1. The highest BCUT2D eigenvalue weighted by Crippen LogP contribution is 2.25. The first-order valence-corrected chi connectivity index (χ1v) is 8.92. The number of nitrogens with zero attached hydrogens (tertiary/aromatic N) is 1. The van der Waals surface area contributed by atoms with Gasteiger partial charge < -0.3 is 10.2 Å². The minimum Gasteiger partial charge on any atom is -0.369 e. The molecule has 0 bridgehead atoms. The standard InChI is InChI=1S/C14H20F2N2O2S/c1-18(5-6-21(2,19)20)14-12(15)7-10(8-13(14)16)9-17-11-3-4-11/h7-8,11,17H,3-6,9H2,1-2H3. The molecule has 21 heavy (non-hydrogen) atoms. The van der Waals surface area contributed by atoms with Gasteiger partial charge in [0.15, 0.2) is 0 Å². The van der Waals surface area contributed by atoms with Crippen molar-refractivity contribution in [3.8, 4) is 0 Å². The highest BCUT2D eigenvalue weighted by Gasteiger charge is 2.21. The van der Waals surface area contributed by atoms with Gasteiger partial charge in [0.2, 0.25) is 0 Å². The van der Waals surface area contributed by atoms with Gasteiger partial charge in [0, 0.05) is 32.4 Å². The summed E-state index contributed by atoms with van der Waals surface area (Å²) in [4.78, 5) is 1.30. The summed E-state index contributed by atoms with van der Waals surface area (Å²) < 4.78 is 50.4. The van der Waals surface area contributed by atoms with Crippen molar-refractivity contribution in [3.05, 3.63) is 29.3 Å². The summed E-state index contributed by atoms with van der Waals surface area (Å²) in [5.41, 5.74) is 0.367. The maximum atomic E-state index is 14.1. The van der Waals surface area contributed by atoms with Crippen LogP contribution in [0.4, 0.5) is 14.5 Å². The lowest BCUT2D eigenvalue weighted by Crippen LogP contribution is -2.27. The van der Waals surface area contributed by atoms with Crippen LogP contribution >= 0.6 is 0 Å². The predicted molar refractivity (Wildman–Crippen MR) is 79.2 cm³/mol. The molecule has 2 rings (SSSR count). The Balaban J connectivity index is 2.07. The van der Waals surface area contributed by atoms with E-state index >= 15 is 0 Å². The number of nitrogens with one attached hydrogen (secondary N) is 1. The SMILES string of the molecule is CN(CCS(C)(=O)=O)c1c(F)cc(CNC2CC2)cc1F. The van der Waals surface area contributed by atoms with Crippen molar-refractivity contribution in [1.82, 2.24) is 5.32 Å². The van der Waals surface area contributed by atoms with Crippen LogP contribution in [0.25, 0.3) is 0 Å². The maximum Gasteiger partial charge on any atom is 0.149 e. The van der Waals surface area contributed by atoms with Gasteiger partial charge in [0.25, 0.3) is 0 Å². The first-order chi connectivity index (χ1) is 9.76. The number of hydrogen-bond acceptors (Lipinski definition) is 4. The fourth-order valence-corrected chi connectivity index (χ4v) is 2.65. The van der Waals surface area contributed by atoms with Gasteiger partial charge in [-0.1, -0.05) is 0 Å². The second-order valence-electron chi connectivity index (χ2n) is 5.61. The molecule has 1 N–H and O–H groups in total. The van der Waals surface area contributed by atoms with Crippen molar-refractivity contribution >= 4 is 15.5 Å². The van der Waals surface area contributed by atoms with Gasteiger partial charge in [0.1, 0.15) is 27.2 Å². The van der Waals surface area contributed by atoms with Crippen LogP contribution in [-0.4, -0.2) is 40.1 Å². The highest BCUT2D eigenvalue weighted by molar-refractivity contribution is 7.90. The number of anilines is 1. The molecular weight excluding hydrogens is 298 g/mol. The fraction of sp³-hybridized carbons (Fsp3) is 0.571. The molecule has 1 fully saturated rings. The molecule has 1 aromatic rings. The summed E-state index contributed by atoms with van der Waals surface area (Å²) in [6.45, 7) is 0.484. The molecule has 0 spiro atoms. The Kier molecular flexibility index (Phi) is 4.83. The second kappa shape index (κ2) is 6.27. The first-order valence-electron chi connectivity index (χ1n) is 6.86. The largest absolute Gasteiger partial charge is 0.369 e. The van der Waals surface area contributed by atoms with E-state index in [-0.39, 0.29) is 18.0 Å². The van der Waals surface area contributed by atoms with Gasteiger partial charge in [-0.2, -0.15) is 0 Å². The van der Waals surface area contributed by atoms with Crippen LogP contribution in [0, 0.1) is 11.6 Å². The minimum atomic E-state index is -3.17. The second-order valence-corrected chi connectivity index (χ2v) is 7.87. The van der Waals surface area contributed by atoms with Crippen LogP contribution in [0.5, 0.6) is 0 Å². The van der Waals surface area contributed by atoms with Crippen LogP contribution in [0.3, 0.4) is 0 Å². The Morgan fingerprint density at radius 2 is 1.86 bits per heavy atom. The molecule has 0 radical (unpaired) electrons. The molecule has 7 heteroatoms. The smallest absolute Gasteiger partial charge is 0.149 e. The van der Waals surface area contributed by atoms with Gasteiger partial charge in [-0.25, -0.2) is 17.2 Å². The van der Waals surface area contributed by atoms with Crippen LogP contribution in [0.15, 0.2) is 12.1 Å². The number of sulfone groups is 1. The maximum absolute atomic E-state index is 14.1. The van der Waals surface area contributed by atoms with E-state index in [0.717, 1.165) is 19.1 Å². The monoisotopic (exact) mass is 318 g/mol. The van der Waals surface area contributed by atoms with E-state index in [9.17, 15) is 17.2 Å². The summed E-state index contributed by atoms with van der Waals surface area (Å²) in [5.74, 6) is -1.48. The van der Waals surface area contributed by atoms with E-state index in [1.165, 1.54) is 24.1 Å². The minimum absolute atomic E-state index is 0.0480. The van der Waals surface area contributed by atoms with Crippen molar-refractivity contribution in [1.29, 1.82) is 0 Å². The van der Waals surface area contributed by atoms with Gasteiger partial charge in [-0.15, -0.1) is 0 Å². The average Bonchev–Trinajstić information content (AvgIpc) is 3.16. The molecule has 0 aromatic heterocycles. The molecule has 1 aliphatic rings. The van der Waals surface area contributed by atoms with Gasteiger partial charge in [-0.3, -0.25) is 0 Å². The summed E-state index contributed by atoms with van der Waals surface area (Å²) >= 11 is 0. The Morgan fingerprint density at radius 3 is 2.33 bits per heavy atom. The topological polar surface area (TPSA) is 49.4 Å². The van der Waals surface area contributed by atoms with Gasteiger partial charge in [0.05, 0.1) is 5.75 Å². The molecule has 1 aromatic carbocycles. The molecule has 0 saturated heterocycles. The Bertz CT molecular complexity index is 592. The molecule has 4 nitrogen and oxygen atoms in total. The third-order valence-corrected chi connectivity index (χ3v) is 4.35. The van der Waals surface area contributed by atoms with E-state index in [2.05, 4.69) is 5.32 Å².